The molecule has 2 aromatic carbocycles. The van der Waals surface area contributed by atoms with Gasteiger partial charge in [0.2, 0.25) is 0 Å². The summed E-state index contributed by atoms with van der Waals surface area (Å²) in [6.45, 7) is 5.56. The van der Waals surface area contributed by atoms with Crippen LogP contribution in [0, 0.1) is 0 Å². The van der Waals surface area contributed by atoms with Crippen LogP contribution in [0.15, 0.2) is 48.5 Å². The molecule has 0 saturated heterocycles. The molecule has 0 N–H and O–H groups in total. The summed E-state index contributed by atoms with van der Waals surface area (Å²) >= 11 is 0. The molecule has 1 saturated carbocycles. The van der Waals surface area contributed by atoms with Crippen LogP contribution in [-0.4, -0.2) is 30.7 Å². The molecule has 1 fully saturated rings. The van der Waals surface area contributed by atoms with Gasteiger partial charge >= 0.3 is 0 Å². The highest BCUT2D eigenvalue weighted by Crippen LogP contribution is 2.34. The van der Waals surface area contributed by atoms with Crippen molar-refractivity contribution in [1.82, 2.24) is 4.90 Å². The third-order valence-corrected chi connectivity index (χ3v) is 5.42. The Morgan fingerprint density at radius 1 is 1.12 bits per heavy atom. The Morgan fingerprint density at radius 2 is 1.96 bits per heavy atom. The van der Waals surface area contributed by atoms with E-state index in [0.29, 0.717) is 6.61 Å². The Bertz CT molecular complexity index is 696. The molecule has 0 radical (unpaired) electrons. The van der Waals surface area contributed by atoms with Crippen molar-refractivity contribution in [2.45, 2.75) is 44.9 Å². The zero-order valence-corrected chi connectivity index (χ0v) is 15.0. The molecule has 2 aromatic rings. The molecule has 1 atom stereocenters. The van der Waals surface area contributed by atoms with E-state index in [2.05, 4.69) is 54.3 Å². The van der Waals surface area contributed by atoms with Gasteiger partial charge in [0.1, 0.15) is 18.5 Å². The molecule has 0 spiro atoms. The maximum absolute atomic E-state index is 6.09. The molecule has 1 aliphatic carbocycles. The van der Waals surface area contributed by atoms with Crippen LogP contribution in [-0.2, 0) is 11.3 Å². The van der Waals surface area contributed by atoms with E-state index in [4.69, 9.17) is 9.47 Å². The molecule has 2 aliphatic rings. The third kappa shape index (κ3) is 3.58. The van der Waals surface area contributed by atoms with Crippen molar-refractivity contribution in [3.63, 3.8) is 0 Å². The van der Waals surface area contributed by atoms with Gasteiger partial charge in [-0.3, -0.25) is 4.90 Å². The first-order valence-electron chi connectivity index (χ1n) is 9.51. The van der Waals surface area contributed by atoms with Crippen LogP contribution >= 0.6 is 0 Å². The highest BCUT2D eigenvalue weighted by atomic mass is 16.5. The molecule has 25 heavy (non-hydrogen) atoms. The van der Waals surface area contributed by atoms with Gasteiger partial charge in [0.05, 0.1) is 0 Å². The van der Waals surface area contributed by atoms with E-state index in [1.165, 1.54) is 36.0 Å². The summed E-state index contributed by atoms with van der Waals surface area (Å²) in [5, 5.41) is 0. The highest BCUT2D eigenvalue weighted by molar-refractivity contribution is 5.41. The van der Waals surface area contributed by atoms with Gasteiger partial charge in [-0.25, -0.2) is 0 Å². The van der Waals surface area contributed by atoms with Crippen molar-refractivity contribution in [2.24, 2.45) is 0 Å². The van der Waals surface area contributed by atoms with Gasteiger partial charge in [-0.15, -0.1) is 0 Å². The molecule has 0 amide bonds. The number of hydrogen-bond donors (Lipinski definition) is 0. The van der Waals surface area contributed by atoms with Gasteiger partial charge in [0.15, 0.2) is 0 Å². The summed E-state index contributed by atoms with van der Waals surface area (Å²) in [5.74, 6) is 1.04. The van der Waals surface area contributed by atoms with E-state index >= 15 is 0 Å². The second kappa shape index (κ2) is 7.59. The quantitative estimate of drug-likeness (QED) is 0.798. The highest BCUT2D eigenvalue weighted by Gasteiger charge is 2.27. The Balaban J connectivity index is 1.63. The minimum Gasteiger partial charge on any atom is -0.492 e. The van der Waals surface area contributed by atoms with E-state index in [0.717, 1.165) is 31.5 Å². The Morgan fingerprint density at radius 3 is 2.68 bits per heavy atom. The zero-order valence-electron chi connectivity index (χ0n) is 15.0. The predicted molar refractivity (Wildman–Crippen MR) is 99.9 cm³/mol. The van der Waals surface area contributed by atoms with Crippen LogP contribution in [0.25, 0.3) is 0 Å². The van der Waals surface area contributed by atoms with Crippen molar-refractivity contribution >= 4 is 0 Å². The van der Waals surface area contributed by atoms with E-state index in [1.807, 2.05) is 6.07 Å². The summed E-state index contributed by atoms with van der Waals surface area (Å²) in [6.07, 6.45) is 4.02. The van der Waals surface area contributed by atoms with Gasteiger partial charge in [0, 0.05) is 31.3 Å². The SMILES string of the molecule is CCO[C@@H](c1ccccc1)c1ccc2c(c1)CN(C1CCC1)CCO2. The summed E-state index contributed by atoms with van der Waals surface area (Å²) < 4.78 is 12.1. The summed E-state index contributed by atoms with van der Waals surface area (Å²) in [6, 6.07) is 17.8. The standard InChI is InChI=1S/C22H27NO2/c1-2-24-22(17-7-4-3-5-8-17)18-11-12-21-19(15-18)16-23(13-14-25-21)20-9-6-10-20/h3-5,7-8,11-12,15,20,22H,2,6,9-10,13-14,16H2,1H3/t22-/m0/s1. The second-order valence-corrected chi connectivity index (χ2v) is 7.02. The lowest BCUT2D eigenvalue weighted by atomic mass is 9.91. The fourth-order valence-electron chi connectivity index (χ4n) is 3.84. The van der Waals surface area contributed by atoms with Gasteiger partial charge in [-0.05, 0) is 43.0 Å². The first-order valence-corrected chi connectivity index (χ1v) is 9.51. The zero-order chi connectivity index (χ0) is 17.1. The molecule has 3 heteroatoms. The maximum Gasteiger partial charge on any atom is 0.123 e. The number of hydrogen-bond acceptors (Lipinski definition) is 3. The topological polar surface area (TPSA) is 21.7 Å². The Hall–Kier alpha value is -1.84. The predicted octanol–water partition coefficient (Wildman–Crippen LogP) is 4.56. The molecule has 1 heterocycles. The van der Waals surface area contributed by atoms with Crippen LogP contribution < -0.4 is 4.74 Å². The van der Waals surface area contributed by atoms with Crippen LogP contribution in [0.2, 0.25) is 0 Å². The van der Waals surface area contributed by atoms with E-state index in [9.17, 15) is 0 Å². The molecular formula is C22H27NO2. The van der Waals surface area contributed by atoms with Gasteiger partial charge in [-0.2, -0.15) is 0 Å². The lowest BCUT2D eigenvalue weighted by Gasteiger charge is -2.36. The largest absolute Gasteiger partial charge is 0.492 e. The molecule has 132 valence electrons. The van der Waals surface area contributed by atoms with Crippen molar-refractivity contribution in [1.29, 1.82) is 0 Å². The van der Waals surface area contributed by atoms with Crippen LogP contribution in [0.4, 0.5) is 0 Å². The summed E-state index contributed by atoms with van der Waals surface area (Å²) in [7, 11) is 0. The van der Waals surface area contributed by atoms with Crippen molar-refractivity contribution in [3.8, 4) is 5.75 Å². The Labute approximate surface area is 150 Å². The van der Waals surface area contributed by atoms with Crippen molar-refractivity contribution in [3.05, 3.63) is 65.2 Å². The molecule has 0 bridgehead atoms. The smallest absolute Gasteiger partial charge is 0.123 e. The molecule has 4 rings (SSSR count). The van der Waals surface area contributed by atoms with Gasteiger partial charge in [0.25, 0.3) is 0 Å². The van der Waals surface area contributed by atoms with Crippen molar-refractivity contribution in [2.75, 3.05) is 19.8 Å². The van der Waals surface area contributed by atoms with Crippen LogP contribution in [0.1, 0.15) is 49.0 Å². The third-order valence-electron chi connectivity index (χ3n) is 5.42. The minimum absolute atomic E-state index is 0.0168. The monoisotopic (exact) mass is 337 g/mol. The second-order valence-electron chi connectivity index (χ2n) is 7.02. The maximum atomic E-state index is 6.09. The van der Waals surface area contributed by atoms with Crippen molar-refractivity contribution < 1.29 is 9.47 Å². The van der Waals surface area contributed by atoms with Crippen LogP contribution in [0.5, 0.6) is 5.75 Å². The molecule has 3 nitrogen and oxygen atoms in total. The minimum atomic E-state index is -0.0168. The summed E-state index contributed by atoms with van der Waals surface area (Å²) in [4.78, 5) is 2.59. The van der Waals surface area contributed by atoms with E-state index in [1.54, 1.807) is 0 Å². The van der Waals surface area contributed by atoms with Crippen LogP contribution in [0.3, 0.4) is 0 Å². The number of fused-ring (bicyclic) bond motifs is 1. The first-order chi connectivity index (χ1) is 12.3. The molecular weight excluding hydrogens is 310 g/mol. The average molecular weight is 337 g/mol. The molecule has 0 aromatic heterocycles. The lowest BCUT2D eigenvalue weighted by molar-refractivity contribution is 0.0911. The summed E-state index contributed by atoms with van der Waals surface area (Å²) in [5.41, 5.74) is 3.71. The average Bonchev–Trinajstić information content (AvgIpc) is 2.80. The Kier molecular flexibility index (Phi) is 5.04. The first kappa shape index (κ1) is 16.6. The molecule has 0 unspecified atom stereocenters. The van der Waals surface area contributed by atoms with Gasteiger partial charge < -0.3 is 9.47 Å². The molecule has 1 aliphatic heterocycles. The fourth-order valence-corrected chi connectivity index (χ4v) is 3.84. The lowest BCUT2D eigenvalue weighted by Crippen LogP contribution is -2.40. The number of rotatable bonds is 5. The number of benzene rings is 2. The number of nitrogens with zero attached hydrogens (tertiary/aromatic N) is 1. The normalized spacial score (nSPS) is 19.4. The number of ether oxygens (including phenoxy) is 2. The van der Waals surface area contributed by atoms with E-state index < -0.39 is 0 Å². The van der Waals surface area contributed by atoms with E-state index in [-0.39, 0.29) is 6.10 Å². The fraction of sp³-hybridized carbons (Fsp3) is 0.455. The van der Waals surface area contributed by atoms with Gasteiger partial charge in [-0.1, -0.05) is 42.8 Å².